The first-order valence-electron chi connectivity index (χ1n) is 8.27. The number of benzene rings is 1. The van der Waals surface area contributed by atoms with Gasteiger partial charge < -0.3 is 9.84 Å². The van der Waals surface area contributed by atoms with E-state index < -0.39 is 0 Å². The van der Waals surface area contributed by atoms with E-state index in [1.807, 2.05) is 6.07 Å². The van der Waals surface area contributed by atoms with E-state index in [9.17, 15) is 14.7 Å². The van der Waals surface area contributed by atoms with E-state index in [0.29, 0.717) is 29.4 Å². The van der Waals surface area contributed by atoms with Crippen LogP contribution in [-0.4, -0.2) is 25.8 Å². The van der Waals surface area contributed by atoms with Crippen molar-refractivity contribution < 1.29 is 14.6 Å². The number of hydrogen-bond donors (Lipinski definition) is 1. The van der Waals surface area contributed by atoms with Crippen molar-refractivity contribution in [2.24, 2.45) is 7.05 Å². The number of ether oxygens (including phenoxy) is 1. The topological polar surface area (TPSA) is 97.6 Å². The van der Waals surface area contributed by atoms with Gasteiger partial charge in [-0.05, 0) is 42.0 Å². The molecule has 8 heteroatoms. The minimum Gasteiger partial charge on any atom is -0.506 e. The summed E-state index contributed by atoms with van der Waals surface area (Å²) in [6, 6.07) is 11.4. The van der Waals surface area contributed by atoms with Gasteiger partial charge in [0.25, 0.3) is 11.5 Å². The number of carbonyl (C=O) groups excluding carboxylic acids is 1. The van der Waals surface area contributed by atoms with Crippen molar-refractivity contribution in [2.75, 3.05) is 4.90 Å². The lowest BCUT2D eigenvalue weighted by molar-refractivity contribution is 0.0995. The van der Waals surface area contributed by atoms with Crippen LogP contribution in [0.5, 0.6) is 11.5 Å². The van der Waals surface area contributed by atoms with Gasteiger partial charge in [-0.25, -0.2) is 4.68 Å². The van der Waals surface area contributed by atoms with Crippen LogP contribution in [0.2, 0.25) is 0 Å². The van der Waals surface area contributed by atoms with Crippen LogP contribution in [0.15, 0.2) is 53.5 Å². The predicted octanol–water partition coefficient (Wildman–Crippen LogP) is 1.62. The Kier molecular flexibility index (Phi) is 4.08. The highest BCUT2D eigenvalue weighted by Crippen LogP contribution is 2.29. The van der Waals surface area contributed by atoms with Crippen molar-refractivity contribution in [3.05, 3.63) is 75.8 Å². The molecule has 0 atom stereocenters. The van der Waals surface area contributed by atoms with Gasteiger partial charge in [0.05, 0.1) is 18.4 Å². The minimum absolute atomic E-state index is 0.0990. The summed E-state index contributed by atoms with van der Waals surface area (Å²) in [7, 11) is 1.54. The molecular formula is C19H16N4O4. The monoisotopic (exact) mass is 364 g/mol. The lowest BCUT2D eigenvalue weighted by Gasteiger charge is -2.14. The Hall–Kier alpha value is -3.68. The third kappa shape index (κ3) is 3.24. The summed E-state index contributed by atoms with van der Waals surface area (Å²) in [6.07, 6.45) is 1.36. The average Bonchev–Trinajstić information content (AvgIpc) is 3.00. The van der Waals surface area contributed by atoms with Gasteiger partial charge in [0.15, 0.2) is 5.82 Å². The molecule has 0 spiro atoms. The molecule has 1 N–H and O–H groups in total. The number of carbonyl (C=O) groups is 1. The molecule has 0 fully saturated rings. The van der Waals surface area contributed by atoms with Crippen LogP contribution in [0.25, 0.3) is 0 Å². The number of hydrogen-bond acceptors (Lipinski definition) is 6. The summed E-state index contributed by atoms with van der Waals surface area (Å²) in [5.41, 5.74) is 1.86. The second kappa shape index (κ2) is 6.56. The number of amides is 1. The van der Waals surface area contributed by atoms with Gasteiger partial charge >= 0.3 is 0 Å². The lowest BCUT2D eigenvalue weighted by atomic mass is 10.1. The zero-order valence-electron chi connectivity index (χ0n) is 14.5. The number of pyridine rings is 1. The van der Waals surface area contributed by atoms with Gasteiger partial charge in [-0.15, -0.1) is 0 Å². The molecule has 0 saturated heterocycles. The second-order valence-electron chi connectivity index (χ2n) is 6.16. The number of aromatic nitrogens is 3. The number of rotatable bonds is 4. The van der Waals surface area contributed by atoms with Gasteiger partial charge in [-0.2, -0.15) is 5.10 Å². The average molecular weight is 364 g/mol. The zero-order chi connectivity index (χ0) is 19.0. The molecule has 1 amide bonds. The van der Waals surface area contributed by atoms with Crippen molar-refractivity contribution in [1.29, 1.82) is 0 Å². The Morgan fingerprint density at radius 3 is 2.74 bits per heavy atom. The summed E-state index contributed by atoms with van der Waals surface area (Å²) in [6.45, 7) is 0.604. The van der Waals surface area contributed by atoms with Gasteiger partial charge in [0.2, 0.25) is 0 Å². The number of aryl methyl sites for hydroxylation is 1. The molecule has 1 aliphatic heterocycles. The molecule has 0 saturated carbocycles. The van der Waals surface area contributed by atoms with E-state index in [0.717, 1.165) is 5.56 Å². The van der Waals surface area contributed by atoms with E-state index in [4.69, 9.17) is 4.74 Å². The van der Waals surface area contributed by atoms with Gasteiger partial charge in [-0.3, -0.25) is 19.5 Å². The number of fused-ring (bicyclic) bond motifs is 1. The Bertz CT molecular complexity index is 1080. The molecule has 0 radical (unpaired) electrons. The summed E-state index contributed by atoms with van der Waals surface area (Å²) in [5.74, 6) is 0.977. The molecule has 0 aliphatic carbocycles. The van der Waals surface area contributed by atoms with Crippen LogP contribution in [0.4, 0.5) is 5.82 Å². The standard InChI is InChI=1S/C19H16N4O4/c1-22-18(25)7-6-17(21-22)23-10-12-8-15(4-5-16(12)19(23)26)27-11-13-2-3-14(24)9-20-13/h2-9,24H,10-11H2,1H3. The third-order valence-electron chi connectivity index (χ3n) is 4.30. The highest BCUT2D eigenvalue weighted by atomic mass is 16.5. The maximum atomic E-state index is 12.6. The Balaban J connectivity index is 1.52. The molecular weight excluding hydrogens is 348 g/mol. The first-order chi connectivity index (χ1) is 13.0. The highest BCUT2D eigenvalue weighted by molar-refractivity contribution is 6.09. The fourth-order valence-corrected chi connectivity index (χ4v) is 2.87. The van der Waals surface area contributed by atoms with Crippen molar-refractivity contribution >= 4 is 11.7 Å². The Morgan fingerprint density at radius 2 is 2.00 bits per heavy atom. The van der Waals surface area contributed by atoms with Crippen LogP contribution in [0.3, 0.4) is 0 Å². The molecule has 3 aromatic rings. The first kappa shape index (κ1) is 16.8. The van der Waals surface area contributed by atoms with E-state index in [1.54, 1.807) is 37.4 Å². The summed E-state index contributed by atoms with van der Waals surface area (Å²) >= 11 is 0. The van der Waals surface area contributed by atoms with E-state index >= 15 is 0 Å². The van der Waals surface area contributed by atoms with E-state index in [2.05, 4.69) is 10.1 Å². The molecule has 1 aromatic carbocycles. The molecule has 2 aromatic heterocycles. The van der Waals surface area contributed by atoms with Crippen LogP contribution in [0.1, 0.15) is 21.6 Å². The van der Waals surface area contributed by atoms with E-state index in [1.165, 1.54) is 21.8 Å². The molecule has 27 heavy (non-hydrogen) atoms. The SMILES string of the molecule is Cn1nc(N2Cc3cc(OCc4ccc(O)cn4)ccc3C2=O)ccc1=O. The normalized spacial score (nSPS) is 12.9. The largest absolute Gasteiger partial charge is 0.506 e. The third-order valence-corrected chi connectivity index (χ3v) is 4.30. The van der Waals surface area contributed by atoms with Crippen LogP contribution in [-0.2, 0) is 20.2 Å². The van der Waals surface area contributed by atoms with Crippen LogP contribution >= 0.6 is 0 Å². The number of nitrogens with zero attached hydrogens (tertiary/aromatic N) is 4. The summed E-state index contributed by atoms with van der Waals surface area (Å²) in [5, 5.41) is 13.4. The van der Waals surface area contributed by atoms with Gasteiger partial charge in [0.1, 0.15) is 18.1 Å². The van der Waals surface area contributed by atoms with Gasteiger partial charge in [0, 0.05) is 18.7 Å². The molecule has 3 heterocycles. The molecule has 0 unspecified atom stereocenters. The predicted molar refractivity (Wildman–Crippen MR) is 96.7 cm³/mol. The van der Waals surface area contributed by atoms with Crippen molar-refractivity contribution in [2.45, 2.75) is 13.2 Å². The molecule has 1 aliphatic rings. The second-order valence-corrected chi connectivity index (χ2v) is 6.16. The number of aromatic hydroxyl groups is 1. The van der Waals surface area contributed by atoms with Crippen molar-refractivity contribution in [3.8, 4) is 11.5 Å². The fourth-order valence-electron chi connectivity index (χ4n) is 2.87. The fraction of sp³-hybridized carbons (Fsp3) is 0.158. The van der Waals surface area contributed by atoms with E-state index in [-0.39, 0.29) is 23.8 Å². The summed E-state index contributed by atoms with van der Waals surface area (Å²) < 4.78 is 6.93. The van der Waals surface area contributed by atoms with Crippen molar-refractivity contribution in [1.82, 2.24) is 14.8 Å². The maximum absolute atomic E-state index is 12.6. The Labute approximate surface area is 154 Å². The molecule has 0 bridgehead atoms. The number of anilines is 1. The maximum Gasteiger partial charge on any atom is 0.266 e. The molecule has 136 valence electrons. The first-order valence-corrected chi connectivity index (χ1v) is 8.27. The molecule has 4 rings (SSSR count). The lowest BCUT2D eigenvalue weighted by Crippen LogP contribution is -2.28. The molecule has 8 nitrogen and oxygen atoms in total. The van der Waals surface area contributed by atoms with Gasteiger partial charge in [-0.1, -0.05) is 0 Å². The minimum atomic E-state index is -0.235. The summed E-state index contributed by atoms with van der Waals surface area (Å²) in [4.78, 5) is 29.7. The highest BCUT2D eigenvalue weighted by Gasteiger charge is 2.30. The van der Waals surface area contributed by atoms with Crippen LogP contribution < -0.4 is 15.2 Å². The van der Waals surface area contributed by atoms with Crippen LogP contribution in [0, 0.1) is 0 Å². The van der Waals surface area contributed by atoms with Crippen molar-refractivity contribution in [3.63, 3.8) is 0 Å². The quantitative estimate of drug-likeness (QED) is 0.756. The zero-order valence-corrected chi connectivity index (χ0v) is 14.5. The smallest absolute Gasteiger partial charge is 0.266 e. The Morgan fingerprint density at radius 1 is 1.15 bits per heavy atom.